The van der Waals surface area contributed by atoms with Crippen molar-refractivity contribution in [2.24, 2.45) is 0 Å². The summed E-state index contributed by atoms with van der Waals surface area (Å²) >= 11 is 1.63. The average Bonchev–Trinajstić information content (AvgIpc) is 3.05. The topological polar surface area (TPSA) is 57.8 Å². The van der Waals surface area contributed by atoms with Crippen LogP contribution in [-0.4, -0.2) is 21.4 Å². The molecule has 1 aromatic carbocycles. The van der Waals surface area contributed by atoms with Crippen molar-refractivity contribution in [1.29, 1.82) is 0 Å². The molecule has 0 aliphatic carbocycles. The average molecular weight is 287 g/mol. The summed E-state index contributed by atoms with van der Waals surface area (Å²) in [6.45, 7) is 2.12. The number of H-pyrrole nitrogens is 1. The molecule has 104 valence electrons. The van der Waals surface area contributed by atoms with Gasteiger partial charge >= 0.3 is 0 Å². The second kappa shape index (κ2) is 5.71. The van der Waals surface area contributed by atoms with Gasteiger partial charge in [-0.15, -0.1) is 11.8 Å². The summed E-state index contributed by atoms with van der Waals surface area (Å²) in [4.78, 5) is 13.5. The van der Waals surface area contributed by atoms with Crippen molar-refractivity contribution in [1.82, 2.24) is 10.2 Å². The van der Waals surface area contributed by atoms with Crippen molar-refractivity contribution in [3.63, 3.8) is 0 Å². The Hall–Kier alpha value is -1.75. The van der Waals surface area contributed by atoms with E-state index in [0.29, 0.717) is 5.82 Å². The highest BCUT2D eigenvalue weighted by Gasteiger charge is 2.28. The zero-order chi connectivity index (χ0) is 13.9. The molecule has 20 heavy (non-hydrogen) atoms. The van der Waals surface area contributed by atoms with Gasteiger partial charge in [0.2, 0.25) is 5.91 Å². The Bertz CT molecular complexity index is 598. The molecule has 5 heteroatoms. The quantitative estimate of drug-likeness (QED) is 0.908. The highest BCUT2D eigenvalue weighted by atomic mass is 32.2. The van der Waals surface area contributed by atoms with Crippen LogP contribution in [0, 0.1) is 0 Å². The number of nitrogens with zero attached hydrogens (tertiary/aromatic N) is 1. The van der Waals surface area contributed by atoms with Crippen LogP contribution in [0.25, 0.3) is 0 Å². The predicted octanol–water partition coefficient (Wildman–Crippen LogP) is 3.02. The Labute approximate surface area is 122 Å². The van der Waals surface area contributed by atoms with Crippen molar-refractivity contribution >= 4 is 23.5 Å². The maximum absolute atomic E-state index is 12.3. The standard InChI is InChI=1S/C15H17N3OS/c1-2-5-11-9-14(18-17-11)16-15(19)13-8-10-6-3-4-7-12(10)20-13/h3-4,6-7,9,13H,2,5,8H2,1H3,(H2,16,17,18,19). The lowest BCUT2D eigenvalue weighted by Gasteiger charge is -2.07. The van der Waals surface area contributed by atoms with Crippen LogP contribution in [0.15, 0.2) is 35.2 Å². The highest BCUT2D eigenvalue weighted by Crippen LogP contribution is 2.37. The van der Waals surface area contributed by atoms with Crippen LogP contribution < -0.4 is 5.32 Å². The molecule has 0 fully saturated rings. The fraction of sp³-hybridized carbons (Fsp3) is 0.333. The minimum Gasteiger partial charge on any atom is -0.308 e. The summed E-state index contributed by atoms with van der Waals surface area (Å²) in [6.07, 6.45) is 2.80. The maximum atomic E-state index is 12.3. The summed E-state index contributed by atoms with van der Waals surface area (Å²) in [7, 11) is 0. The van der Waals surface area contributed by atoms with Crippen LogP contribution in [0.5, 0.6) is 0 Å². The number of carbonyl (C=O) groups excluding carboxylic acids is 1. The number of hydrogen-bond acceptors (Lipinski definition) is 3. The molecular weight excluding hydrogens is 270 g/mol. The van der Waals surface area contributed by atoms with Gasteiger partial charge in [0.1, 0.15) is 0 Å². The van der Waals surface area contributed by atoms with Gasteiger partial charge < -0.3 is 5.32 Å². The molecule has 4 nitrogen and oxygen atoms in total. The molecule has 2 heterocycles. The Balaban J connectivity index is 1.63. The van der Waals surface area contributed by atoms with E-state index >= 15 is 0 Å². The van der Waals surface area contributed by atoms with Crippen LogP contribution >= 0.6 is 11.8 Å². The lowest BCUT2D eigenvalue weighted by atomic mass is 10.1. The number of aromatic amines is 1. The van der Waals surface area contributed by atoms with E-state index in [1.807, 2.05) is 18.2 Å². The summed E-state index contributed by atoms with van der Waals surface area (Å²) in [5.41, 5.74) is 2.32. The van der Waals surface area contributed by atoms with E-state index in [4.69, 9.17) is 0 Å². The molecule has 0 saturated carbocycles. The SMILES string of the molecule is CCCc1cc(NC(=O)C2Cc3ccccc3S2)n[nH]1. The van der Waals surface area contributed by atoms with Crippen LogP contribution in [0.3, 0.4) is 0 Å². The fourth-order valence-corrected chi connectivity index (χ4v) is 3.55. The van der Waals surface area contributed by atoms with Crippen molar-refractivity contribution < 1.29 is 4.79 Å². The van der Waals surface area contributed by atoms with Gasteiger partial charge in [0.05, 0.1) is 5.25 Å². The van der Waals surface area contributed by atoms with Crippen molar-refractivity contribution in [2.45, 2.75) is 36.3 Å². The number of benzene rings is 1. The molecule has 2 N–H and O–H groups in total. The van der Waals surface area contributed by atoms with Gasteiger partial charge in [-0.1, -0.05) is 31.5 Å². The van der Waals surface area contributed by atoms with Gasteiger partial charge in [0, 0.05) is 16.7 Å². The van der Waals surface area contributed by atoms with Crippen LogP contribution in [0.4, 0.5) is 5.82 Å². The van der Waals surface area contributed by atoms with Gasteiger partial charge in [-0.3, -0.25) is 9.89 Å². The first-order valence-corrected chi connectivity index (χ1v) is 7.74. The number of aromatic nitrogens is 2. The normalized spacial score (nSPS) is 16.9. The highest BCUT2D eigenvalue weighted by molar-refractivity contribution is 8.01. The number of hydrogen-bond donors (Lipinski definition) is 2. The lowest BCUT2D eigenvalue weighted by molar-refractivity contribution is -0.115. The van der Waals surface area contributed by atoms with Gasteiger partial charge in [0.15, 0.2) is 5.82 Å². The number of thioether (sulfide) groups is 1. The lowest BCUT2D eigenvalue weighted by Crippen LogP contribution is -2.24. The number of nitrogens with one attached hydrogen (secondary N) is 2. The third-order valence-corrected chi connectivity index (χ3v) is 4.66. The van der Waals surface area contributed by atoms with E-state index in [0.717, 1.165) is 25.0 Å². The number of anilines is 1. The van der Waals surface area contributed by atoms with E-state index in [-0.39, 0.29) is 11.2 Å². The van der Waals surface area contributed by atoms with Crippen LogP contribution in [0.1, 0.15) is 24.6 Å². The second-order valence-electron chi connectivity index (χ2n) is 4.94. The molecule has 2 aromatic rings. The van der Waals surface area contributed by atoms with E-state index in [2.05, 4.69) is 34.6 Å². The largest absolute Gasteiger partial charge is 0.308 e. The first kappa shape index (κ1) is 13.2. The zero-order valence-electron chi connectivity index (χ0n) is 11.3. The monoisotopic (exact) mass is 287 g/mol. The molecule has 0 spiro atoms. The van der Waals surface area contributed by atoms with E-state index < -0.39 is 0 Å². The van der Waals surface area contributed by atoms with E-state index in [9.17, 15) is 4.79 Å². The van der Waals surface area contributed by atoms with Crippen molar-refractivity contribution in [3.05, 3.63) is 41.6 Å². The molecule has 1 aromatic heterocycles. The molecule has 0 saturated heterocycles. The zero-order valence-corrected chi connectivity index (χ0v) is 12.2. The van der Waals surface area contributed by atoms with E-state index in [1.165, 1.54) is 10.5 Å². The van der Waals surface area contributed by atoms with Crippen molar-refractivity contribution in [3.8, 4) is 0 Å². The van der Waals surface area contributed by atoms with Gasteiger partial charge in [-0.25, -0.2) is 0 Å². The third-order valence-electron chi connectivity index (χ3n) is 3.34. The fourth-order valence-electron chi connectivity index (χ4n) is 2.36. The minimum absolute atomic E-state index is 0.0285. The van der Waals surface area contributed by atoms with Gasteiger partial charge in [0.25, 0.3) is 0 Å². The van der Waals surface area contributed by atoms with E-state index in [1.54, 1.807) is 11.8 Å². The number of aryl methyl sites for hydroxylation is 1. The Kier molecular flexibility index (Phi) is 3.78. The van der Waals surface area contributed by atoms with Gasteiger partial charge in [-0.2, -0.15) is 5.10 Å². The summed E-state index contributed by atoms with van der Waals surface area (Å²) in [5.74, 6) is 0.649. The van der Waals surface area contributed by atoms with Crippen molar-refractivity contribution in [2.75, 3.05) is 5.32 Å². The molecule has 1 amide bonds. The number of fused-ring (bicyclic) bond motifs is 1. The first-order valence-electron chi connectivity index (χ1n) is 6.86. The molecule has 3 rings (SSSR count). The Morgan fingerprint density at radius 3 is 3.15 bits per heavy atom. The summed E-state index contributed by atoms with van der Waals surface area (Å²) in [5, 5.41) is 9.92. The van der Waals surface area contributed by atoms with Crippen LogP contribution in [0.2, 0.25) is 0 Å². The molecule has 1 unspecified atom stereocenters. The first-order chi connectivity index (χ1) is 9.76. The molecule has 0 bridgehead atoms. The summed E-state index contributed by atoms with van der Waals surface area (Å²) in [6, 6.07) is 10.1. The smallest absolute Gasteiger partial charge is 0.239 e. The summed E-state index contributed by atoms with van der Waals surface area (Å²) < 4.78 is 0. The Morgan fingerprint density at radius 1 is 1.50 bits per heavy atom. The van der Waals surface area contributed by atoms with Crippen LogP contribution in [-0.2, 0) is 17.6 Å². The second-order valence-corrected chi connectivity index (χ2v) is 6.18. The third kappa shape index (κ3) is 2.72. The Morgan fingerprint density at radius 2 is 2.35 bits per heavy atom. The number of amides is 1. The predicted molar refractivity (Wildman–Crippen MR) is 81.0 cm³/mol. The number of carbonyl (C=O) groups is 1. The number of rotatable bonds is 4. The molecule has 1 atom stereocenters. The molecule has 1 aliphatic rings. The molecule has 0 radical (unpaired) electrons. The molecule has 1 aliphatic heterocycles. The maximum Gasteiger partial charge on any atom is 0.239 e. The minimum atomic E-state index is -0.0567. The van der Waals surface area contributed by atoms with Gasteiger partial charge in [-0.05, 0) is 24.5 Å². The molecular formula is C15H17N3OS.